The van der Waals surface area contributed by atoms with E-state index in [1.807, 2.05) is 36.4 Å². The summed E-state index contributed by atoms with van der Waals surface area (Å²) in [6.45, 7) is 0. The molecule has 6 heteroatoms. The Hall–Kier alpha value is -2.60. The van der Waals surface area contributed by atoms with Crippen LogP contribution in [0, 0.1) is 0 Å². The van der Waals surface area contributed by atoms with E-state index in [1.54, 1.807) is 7.11 Å². The highest BCUT2D eigenvalue weighted by Crippen LogP contribution is 2.34. The molecule has 0 amide bonds. The first-order valence-electron chi connectivity index (χ1n) is 6.56. The minimum Gasteiger partial charge on any atom is -0.497 e. The molecule has 1 aromatic carbocycles. The lowest BCUT2D eigenvalue weighted by molar-refractivity contribution is 0.0607. The van der Waals surface area contributed by atoms with Gasteiger partial charge < -0.3 is 15.2 Å². The molecule has 0 aliphatic heterocycles. The molecule has 0 unspecified atom stereocenters. The van der Waals surface area contributed by atoms with Crippen LogP contribution >= 0.6 is 11.3 Å². The second-order valence-corrected chi connectivity index (χ2v) is 5.61. The number of pyridine rings is 1. The maximum absolute atomic E-state index is 11.7. The fourth-order valence-electron chi connectivity index (χ4n) is 2.16. The van der Waals surface area contributed by atoms with Gasteiger partial charge in [-0.1, -0.05) is 0 Å². The number of esters is 1. The van der Waals surface area contributed by atoms with Crippen molar-refractivity contribution in [3.63, 3.8) is 0 Å². The third-order valence-corrected chi connectivity index (χ3v) is 4.45. The zero-order valence-corrected chi connectivity index (χ0v) is 12.9. The van der Waals surface area contributed by atoms with Crippen LogP contribution in [0.25, 0.3) is 21.5 Å². The number of hydrogen-bond acceptors (Lipinski definition) is 6. The van der Waals surface area contributed by atoms with Crippen LogP contribution in [-0.2, 0) is 4.74 Å². The van der Waals surface area contributed by atoms with Crippen molar-refractivity contribution in [3.05, 3.63) is 41.3 Å². The van der Waals surface area contributed by atoms with Gasteiger partial charge in [0.15, 0.2) is 0 Å². The molecule has 2 N–H and O–H groups in total. The Bertz CT molecular complexity index is 840. The van der Waals surface area contributed by atoms with Crippen molar-refractivity contribution < 1.29 is 14.3 Å². The van der Waals surface area contributed by atoms with Crippen molar-refractivity contribution in [1.29, 1.82) is 0 Å². The van der Waals surface area contributed by atoms with E-state index >= 15 is 0 Å². The molecule has 0 bridgehead atoms. The molecule has 0 aliphatic carbocycles. The number of carbonyl (C=O) groups is 1. The van der Waals surface area contributed by atoms with Gasteiger partial charge in [0.25, 0.3) is 0 Å². The maximum atomic E-state index is 11.7. The Morgan fingerprint density at radius 1 is 1.14 bits per heavy atom. The van der Waals surface area contributed by atoms with Gasteiger partial charge >= 0.3 is 5.97 Å². The van der Waals surface area contributed by atoms with Gasteiger partial charge in [-0.3, -0.25) is 0 Å². The van der Waals surface area contributed by atoms with Crippen LogP contribution in [0.4, 0.5) is 5.69 Å². The summed E-state index contributed by atoms with van der Waals surface area (Å²) in [5.41, 5.74) is 8.19. The summed E-state index contributed by atoms with van der Waals surface area (Å²) in [6.07, 6.45) is 0. The van der Waals surface area contributed by atoms with E-state index in [2.05, 4.69) is 4.98 Å². The zero-order chi connectivity index (χ0) is 15.7. The molecule has 3 aromatic rings. The normalized spacial score (nSPS) is 10.6. The van der Waals surface area contributed by atoms with E-state index in [0.717, 1.165) is 22.4 Å². The van der Waals surface area contributed by atoms with Gasteiger partial charge in [0.2, 0.25) is 0 Å². The minimum atomic E-state index is -0.438. The third kappa shape index (κ3) is 2.37. The third-order valence-electron chi connectivity index (χ3n) is 3.35. The molecule has 112 valence electrons. The molecule has 0 radical (unpaired) electrons. The van der Waals surface area contributed by atoms with Crippen LogP contribution in [0.1, 0.15) is 9.67 Å². The van der Waals surface area contributed by atoms with E-state index in [-0.39, 0.29) is 0 Å². The number of fused-ring (bicyclic) bond motifs is 1. The summed E-state index contributed by atoms with van der Waals surface area (Å²) in [4.78, 5) is 17.4. The summed E-state index contributed by atoms with van der Waals surface area (Å²) in [5.74, 6) is 0.352. The number of anilines is 1. The summed E-state index contributed by atoms with van der Waals surface area (Å²) < 4.78 is 9.88. The molecule has 0 saturated carbocycles. The fraction of sp³-hybridized carbons (Fsp3) is 0.125. The van der Waals surface area contributed by atoms with E-state index < -0.39 is 5.97 Å². The van der Waals surface area contributed by atoms with Crippen molar-refractivity contribution in [2.45, 2.75) is 0 Å². The highest BCUT2D eigenvalue weighted by atomic mass is 32.1. The largest absolute Gasteiger partial charge is 0.497 e. The van der Waals surface area contributed by atoms with E-state index in [1.165, 1.54) is 18.4 Å². The monoisotopic (exact) mass is 314 g/mol. The summed E-state index contributed by atoms with van der Waals surface area (Å²) >= 11 is 1.24. The number of nitrogen functional groups attached to an aromatic ring is 1. The van der Waals surface area contributed by atoms with Crippen LogP contribution < -0.4 is 10.5 Å². The molecular formula is C16H14N2O3S. The van der Waals surface area contributed by atoms with Gasteiger partial charge in [0.05, 0.1) is 25.6 Å². The second-order valence-electron chi connectivity index (χ2n) is 4.61. The first-order valence-corrected chi connectivity index (χ1v) is 7.37. The fourth-order valence-corrected chi connectivity index (χ4v) is 3.18. The van der Waals surface area contributed by atoms with E-state index in [4.69, 9.17) is 15.2 Å². The number of rotatable bonds is 3. The quantitative estimate of drug-likeness (QED) is 0.750. The molecular weight excluding hydrogens is 300 g/mol. The lowest BCUT2D eigenvalue weighted by Gasteiger charge is -2.03. The van der Waals surface area contributed by atoms with Gasteiger partial charge in [0.1, 0.15) is 15.5 Å². The predicted octanol–water partition coefficient (Wildman–Crippen LogP) is 3.34. The highest BCUT2D eigenvalue weighted by molar-refractivity contribution is 7.21. The lowest BCUT2D eigenvalue weighted by atomic mass is 10.1. The predicted molar refractivity (Wildman–Crippen MR) is 87.4 cm³/mol. The van der Waals surface area contributed by atoms with Gasteiger partial charge in [-0.2, -0.15) is 0 Å². The smallest absolute Gasteiger partial charge is 0.350 e. The number of thiophene rings is 1. The number of hydrogen-bond donors (Lipinski definition) is 1. The molecule has 2 aromatic heterocycles. The minimum absolute atomic E-state index is 0.386. The number of ether oxygens (including phenoxy) is 2. The summed E-state index contributed by atoms with van der Waals surface area (Å²) in [7, 11) is 2.96. The van der Waals surface area contributed by atoms with Crippen molar-refractivity contribution in [3.8, 4) is 17.0 Å². The van der Waals surface area contributed by atoms with Crippen LogP contribution in [0.2, 0.25) is 0 Å². The molecule has 5 nitrogen and oxygen atoms in total. The second kappa shape index (κ2) is 5.65. The topological polar surface area (TPSA) is 74.4 Å². The Labute approximate surface area is 131 Å². The Balaban J connectivity index is 2.07. The Morgan fingerprint density at radius 2 is 1.86 bits per heavy atom. The lowest BCUT2D eigenvalue weighted by Crippen LogP contribution is -2.01. The standard InChI is InChI=1S/C16H14N2O3S/c1-20-10-5-3-9(4-6-10)12-8-7-11-13(17)14(16(19)21-2)22-15(11)18-12/h3-8H,17H2,1-2H3. The van der Waals surface area contributed by atoms with Gasteiger partial charge in [0, 0.05) is 10.9 Å². The summed E-state index contributed by atoms with van der Waals surface area (Å²) in [5, 5.41) is 0.766. The maximum Gasteiger partial charge on any atom is 0.350 e. The average molecular weight is 314 g/mol. The van der Waals surface area contributed by atoms with Crippen LogP contribution in [-0.4, -0.2) is 25.2 Å². The number of methoxy groups -OCH3 is 2. The van der Waals surface area contributed by atoms with Crippen LogP contribution in [0.15, 0.2) is 36.4 Å². The molecule has 3 rings (SSSR count). The number of nitrogens with two attached hydrogens (primary N) is 1. The molecule has 0 atom stereocenters. The van der Waals surface area contributed by atoms with Crippen molar-refractivity contribution in [2.24, 2.45) is 0 Å². The molecule has 22 heavy (non-hydrogen) atoms. The van der Waals surface area contributed by atoms with E-state index in [0.29, 0.717) is 15.4 Å². The van der Waals surface area contributed by atoms with E-state index in [9.17, 15) is 4.79 Å². The molecule has 0 saturated heterocycles. The van der Waals surface area contributed by atoms with Crippen LogP contribution in [0.5, 0.6) is 5.75 Å². The summed E-state index contributed by atoms with van der Waals surface area (Å²) in [6, 6.07) is 11.4. The van der Waals surface area contributed by atoms with Crippen molar-refractivity contribution in [1.82, 2.24) is 4.98 Å². The Morgan fingerprint density at radius 3 is 2.50 bits per heavy atom. The molecule has 0 fully saturated rings. The highest BCUT2D eigenvalue weighted by Gasteiger charge is 2.18. The first kappa shape index (κ1) is 14.3. The zero-order valence-electron chi connectivity index (χ0n) is 12.1. The molecule has 0 spiro atoms. The first-order chi connectivity index (χ1) is 10.6. The Kier molecular flexibility index (Phi) is 3.68. The average Bonchev–Trinajstić information content (AvgIpc) is 2.90. The van der Waals surface area contributed by atoms with Gasteiger partial charge in [-0.15, -0.1) is 11.3 Å². The number of carbonyl (C=O) groups excluding carboxylic acids is 1. The van der Waals surface area contributed by atoms with Gasteiger partial charge in [-0.05, 0) is 36.4 Å². The number of aromatic nitrogens is 1. The number of nitrogens with zero attached hydrogens (tertiary/aromatic N) is 1. The van der Waals surface area contributed by atoms with Crippen molar-refractivity contribution >= 4 is 33.2 Å². The van der Waals surface area contributed by atoms with Crippen LogP contribution in [0.3, 0.4) is 0 Å². The number of benzene rings is 1. The molecule has 0 aliphatic rings. The van der Waals surface area contributed by atoms with Gasteiger partial charge in [-0.25, -0.2) is 9.78 Å². The molecule has 2 heterocycles. The van der Waals surface area contributed by atoms with Crippen molar-refractivity contribution in [2.75, 3.05) is 20.0 Å². The SMILES string of the molecule is COC(=O)c1sc2nc(-c3ccc(OC)cc3)ccc2c1N.